The molecule has 0 saturated heterocycles. The number of hydrogen-bond donors (Lipinski definition) is 0. The Morgan fingerprint density at radius 1 is 0.536 bits per heavy atom. The first-order valence-corrected chi connectivity index (χ1v) is 12.6. The fourth-order valence-corrected chi connectivity index (χ4v) is 3.78. The molecular formula is C24H32Br2O2. The topological polar surface area (TPSA) is 18.5 Å². The van der Waals surface area contributed by atoms with Gasteiger partial charge >= 0.3 is 0 Å². The van der Waals surface area contributed by atoms with Crippen LogP contribution >= 0.6 is 31.9 Å². The van der Waals surface area contributed by atoms with Crippen LogP contribution in [-0.4, -0.2) is 13.2 Å². The van der Waals surface area contributed by atoms with Crippen LogP contribution in [-0.2, 0) is 10.7 Å². The van der Waals surface area contributed by atoms with Crippen molar-refractivity contribution in [3.05, 3.63) is 59.7 Å². The molecule has 4 heteroatoms. The molecule has 0 aliphatic carbocycles. The molecule has 154 valence electrons. The van der Waals surface area contributed by atoms with Crippen LogP contribution < -0.4 is 9.47 Å². The fourth-order valence-electron chi connectivity index (χ4n) is 3.08. The van der Waals surface area contributed by atoms with Crippen LogP contribution in [0.15, 0.2) is 48.5 Å². The maximum absolute atomic E-state index is 5.83. The van der Waals surface area contributed by atoms with Gasteiger partial charge in [0.1, 0.15) is 11.5 Å². The van der Waals surface area contributed by atoms with Crippen LogP contribution in [0, 0.1) is 0 Å². The van der Waals surface area contributed by atoms with Gasteiger partial charge in [-0.1, -0.05) is 94.7 Å². The zero-order chi connectivity index (χ0) is 19.9. The van der Waals surface area contributed by atoms with Crippen LogP contribution in [0.25, 0.3) is 0 Å². The number of hydrogen-bond acceptors (Lipinski definition) is 2. The van der Waals surface area contributed by atoms with Gasteiger partial charge in [-0.2, -0.15) is 0 Å². The summed E-state index contributed by atoms with van der Waals surface area (Å²) in [5.41, 5.74) is 2.52. The van der Waals surface area contributed by atoms with Crippen molar-refractivity contribution in [2.75, 3.05) is 13.2 Å². The molecule has 0 N–H and O–H groups in total. The molecule has 28 heavy (non-hydrogen) atoms. The third kappa shape index (κ3) is 9.97. The van der Waals surface area contributed by atoms with E-state index in [0.717, 1.165) is 48.2 Å². The highest BCUT2D eigenvalue weighted by Crippen LogP contribution is 2.17. The number of alkyl halides is 2. The Labute approximate surface area is 187 Å². The molecule has 0 aliphatic heterocycles. The van der Waals surface area contributed by atoms with E-state index < -0.39 is 0 Å². The lowest BCUT2D eigenvalue weighted by atomic mass is 10.1. The first-order chi connectivity index (χ1) is 13.8. The van der Waals surface area contributed by atoms with Gasteiger partial charge in [0.2, 0.25) is 0 Å². The fraction of sp³-hybridized carbons (Fsp3) is 0.500. The summed E-state index contributed by atoms with van der Waals surface area (Å²) in [7, 11) is 0. The van der Waals surface area contributed by atoms with E-state index in [4.69, 9.17) is 9.47 Å². The Morgan fingerprint density at radius 3 is 1.32 bits per heavy atom. The van der Waals surface area contributed by atoms with Crippen molar-refractivity contribution in [2.45, 2.75) is 62.0 Å². The Balaban J connectivity index is 1.38. The molecule has 2 nitrogen and oxygen atoms in total. The maximum atomic E-state index is 5.83. The van der Waals surface area contributed by atoms with E-state index in [1.54, 1.807) is 0 Å². The zero-order valence-electron chi connectivity index (χ0n) is 16.7. The molecule has 0 spiro atoms. The molecule has 0 amide bonds. The molecule has 2 aromatic rings. The molecule has 2 aromatic carbocycles. The van der Waals surface area contributed by atoms with Gasteiger partial charge in [0.25, 0.3) is 0 Å². The molecule has 0 radical (unpaired) electrons. The van der Waals surface area contributed by atoms with Crippen molar-refractivity contribution in [3.8, 4) is 11.5 Å². The smallest absolute Gasteiger partial charge is 0.119 e. The van der Waals surface area contributed by atoms with E-state index in [-0.39, 0.29) is 0 Å². The normalized spacial score (nSPS) is 10.8. The van der Waals surface area contributed by atoms with Crippen molar-refractivity contribution < 1.29 is 9.47 Å². The molecule has 0 bridgehead atoms. The lowest BCUT2D eigenvalue weighted by Crippen LogP contribution is -1.98. The average molecular weight is 512 g/mol. The molecule has 2 rings (SSSR count). The van der Waals surface area contributed by atoms with E-state index in [1.807, 2.05) is 12.1 Å². The zero-order valence-corrected chi connectivity index (χ0v) is 19.8. The van der Waals surface area contributed by atoms with Gasteiger partial charge in [0.05, 0.1) is 13.2 Å². The first-order valence-electron chi connectivity index (χ1n) is 10.4. The van der Waals surface area contributed by atoms with E-state index >= 15 is 0 Å². The van der Waals surface area contributed by atoms with Gasteiger partial charge in [-0.25, -0.2) is 0 Å². The SMILES string of the molecule is BrCc1cccc(OCCCCCCCCCCOc2cccc(CBr)c2)c1. The summed E-state index contributed by atoms with van der Waals surface area (Å²) in [6.45, 7) is 1.64. The van der Waals surface area contributed by atoms with Gasteiger partial charge in [0, 0.05) is 10.7 Å². The minimum Gasteiger partial charge on any atom is -0.494 e. The Hall–Kier alpha value is -1.00. The van der Waals surface area contributed by atoms with Crippen LogP contribution in [0.3, 0.4) is 0 Å². The lowest BCUT2D eigenvalue weighted by molar-refractivity contribution is 0.301. The number of unbranched alkanes of at least 4 members (excludes halogenated alkanes) is 7. The van der Waals surface area contributed by atoms with Gasteiger partial charge in [-0.05, 0) is 48.2 Å². The lowest BCUT2D eigenvalue weighted by Gasteiger charge is -2.08. The summed E-state index contributed by atoms with van der Waals surface area (Å²) in [5.74, 6) is 1.97. The predicted molar refractivity (Wildman–Crippen MR) is 126 cm³/mol. The van der Waals surface area contributed by atoms with Crippen molar-refractivity contribution in [2.24, 2.45) is 0 Å². The Bertz CT molecular complexity index is 603. The minimum atomic E-state index is 0.819. The molecule has 0 unspecified atom stereocenters. The number of ether oxygens (including phenoxy) is 2. The average Bonchev–Trinajstić information content (AvgIpc) is 2.74. The third-order valence-electron chi connectivity index (χ3n) is 4.68. The minimum absolute atomic E-state index is 0.819. The number of halogens is 2. The quantitative estimate of drug-likeness (QED) is 0.178. The van der Waals surface area contributed by atoms with Gasteiger partial charge in [-0.3, -0.25) is 0 Å². The molecule has 0 atom stereocenters. The number of rotatable bonds is 15. The number of benzene rings is 2. The standard InChI is InChI=1S/C24H32Br2O2/c25-19-21-11-9-13-23(17-21)27-15-7-5-3-1-2-4-6-8-16-28-24-14-10-12-22(18-24)20-26/h9-14,17-18H,1-8,15-16,19-20H2. The van der Waals surface area contributed by atoms with E-state index in [0.29, 0.717) is 0 Å². The summed E-state index contributed by atoms with van der Waals surface area (Å²) >= 11 is 6.96. The summed E-state index contributed by atoms with van der Waals surface area (Å²) in [6.07, 6.45) is 10.1. The highest BCUT2D eigenvalue weighted by molar-refractivity contribution is 9.08. The van der Waals surface area contributed by atoms with Gasteiger partial charge < -0.3 is 9.47 Å². The van der Waals surface area contributed by atoms with Crippen LogP contribution in [0.4, 0.5) is 0 Å². The monoisotopic (exact) mass is 510 g/mol. The van der Waals surface area contributed by atoms with Crippen molar-refractivity contribution in [1.29, 1.82) is 0 Å². The summed E-state index contributed by atoms with van der Waals surface area (Å²) in [5, 5.41) is 1.75. The second kappa shape index (κ2) is 14.9. The predicted octanol–water partition coefficient (Wildman–Crippen LogP) is 8.06. The highest BCUT2D eigenvalue weighted by atomic mass is 79.9. The molecule has 0 fully saturated rings. The van der Waals surface area contributed by atoms with E-state index in [9.17, 15) is 0 Å². The Kier molecular flexibility index (Phi) is 12.4. The van der Waals surface area contributed by atoms with Crippen molar-refractivity contribution >= 4 is 31.9 Å². The van der Waals surface area contributed by atoms with Crippen molar-refractivity contribution in [3.63, 3.8) is 0 Å². The molecule has 0 aliphatic rings. The molecule has 0 heterocycles. The van der Waals surface area contributed by atoms with Crippen LogP contribution in [0.5, 0.6) is 11.5 Å². The van der Waals surface area contributed by atoms with Crippen molar-refractivity contribution in [1.82, 2.24) is 0 Å². The molecule has 0 aromatic heterocycles. The first kappa shape index (κ1) is 23.3. The summed E-state index contributed by atoms with van der Waals surface area (Å²) in [4.78, 5) is 0. The van der Waals surface area contributed by atoms with Crippen LogP contribution in [0.1, 0.15) is 62.5 Å². The second-order valence-corrected chi connectivity index (χ2v) is 8.21. The van der Waals surface area contributed by atoms with E-state index in [1.165, 1.54) is 49.7 Å². The Morgan fingerprint density at radius 2 is 0.929 bits per heavy atom. The molecular weight excluding hydrogens is 480 g/mol. The van der Waals surface area contributed by atoms with Gasteiger partial charge in [0.15, 0.2) is 0 Å². The highest BCUT2D eigenvalue weighted by Gasteiger charge is 1.98. The largest absolute Gasteiger partial charge is 0.494 e. The second-order valence-electron chi connectivity index (χ2n) is 7.09. The third-order valence-corrected chi connectivity index (χ3v) is 5.98. The summed E-state index contributed by atoms with van der Waals surface area (Å²) < 4.78 is 11.7. The summed E-state index contributed by atoms with van der Waals surface area (Å²) in [6, 6.07) is 16.6. The maximum Gasteiger partial charge on any atom is 0.119 e. The van der Waals surface area contributed by atoms with Crippen LogP contribution in [0.2, 0.25) is 0 Å². The van der Waals surface area contributed by atoms with E-state index in [2.05, 4.69) is 68.3 Å². The van der Waals surface area contributed by atoms with Gasteiger partial charge in [-0.15, -0.1) is 0 Å². The molecule has 0 saturated carbocycles.